The van der Waals surface area contributed by atoms with Crippen molar-refractivity contribution in [3.8, 4) is 0 Å². The zero-order valence-electron chi connectivity index (χ0n) is 24.1. The predicted molar refractivity (Wildman–Crippen MR) is 150 cm³/mol. The molecule has 0 saturated carbocycles. The third-order valence-corrected chi connectivity index (χ3v) is 7.32. The van der Waals surface area contributed by atoms with Crippen molar-refractivity contribution in [3.05, 3.63) is 29.3 Å². The van der Waals surface area contributed by atoms with Gasteiger partial charge in [-0.3, -0.25) is 29.4 Å². The van der Waals surface area contributed by atoms with E-state index in [4.69, 9.17) is 9.47 Å². The van der Waals surface area contributed by atoms with Crippen LogP contribution in [0.25, 0.3) is 0 Å². The molecule has 4 rings (SSSR count). The molecule has 1 aromatic rings. The van der Waals surface area contributed by atoms with Crippen LogP contribution in [0.2, 0.25) is 0 Å². The van der Waals surface area contributed by atoms with Crippen molar-refractivity contribution in [1.82, 2.24) is 20.4 Å². The number of carbonyl (C=O) groups is 5. The van der Waals surface area contributed by atoms with E-state index in [1.165, 1.54) is 0 Å². The van der Waals surface area contributed by atoms with Crippen LogP contribution < -0.4 is 16.0 Å². The number of benzene rings is 1. The molecule has 41 heavy (non-hydrogen) atoms. The summed E-state index contributed by atoms with van der Waals surface area (Å²) in [6.45, 7) is 10.1. The second kappa shape index (κ2) is 13.4. The fraction of sp³-hybridized carbons (Fsp3) is 0.621. The van der Waals surface area contributed by atoms with Crippen molar-refractivity contribution in [3.63, 3.8) is 0 Å². The van der Waals surface area contributed by atoms with Crippen molar-refractivity contribution >= 4 is 35.4 Å². The number of ether oxygens (including phenoxy) is 2. The Labute approximate surface area is 240 Å². The zero-order valence-corrected chi connectivity index (χ0v) is 24.1. The fourth-order valence-corrected chi connectivity index (χ4v) is 5.33. The van der Waals surface area contributed by atoms with Crippen molar-refractivity contribution in [2.24, 2.45) is 0 Å². The quantitative estimate of drug-likeness (QED) is 0.269. The minimum atomic E-state index is -0.985. The van der Waals surface area contributed by atoms with Gasteiger partial charge in [-0.25, -0.2) is 4.79 Å². The fourth-order valence-electron chi connectivity index (χ4n) is 5.33. The van der Waals surface area contributed by atoms with Crippen LogP contribution in [0.15, 0.2) is 18.2 Å². The normalized spacial score (nSPS) is 20.2. The molecule has 0 aromatic heterocycles. The predicted octanol–water partition coefficient (Wildman–Crippen LogP) is 2.29. The molecule has 12 heteroatoms. The molecule has 0 radical (unpaired) electrons. The summed E-state index contributed by atoms with van der Waals surface area (Å²) in [5.41, 5.74) is 0.558. The van der Waals surface area contributed by atoms with Gasteiger partial charge in [-0.2, -0.15) is 0 Å². The lowest BCUT2D eigenvalue weighted by Crippen LogP contribution is -2.54. The molecule has 1 aromatic carbocycles. The number of hydrogen-bond donors (Lipinski definition) is 3. The van der Waals surface area contributed by atoms with E-state index in [2.05, 4.69) is 20.9 Å². The number of rotatable bonds is 11. The van der Waals surface area contributed by atoms with Gasteiger partial charge < -0.3 is 25.0 Å². The van der Waals surface area contributed by atoms with E-state index in [0.717, 1.165) is 43.8 Å². The molecule has 3 aliphatic heterocycles. The molecule has 2 saturated heterocycles. The Morgan fingerprint density at radius 2 is 1.76 bits per heavy atom. The Hall–Kier alpha value is -3.51. The smallest absolute Gasteiger partial charge is 0.407 e. The Bertz CT molecular complexity index is 1160. The Morgan fingerprint density at radius 1 is 1.02 bits per heavy atom. The number of likely N-dealkylation sites (tertiary alicyclic amines) is 1. The van der Waals surface area contributed by atoms with E-state index in [9.17, 15) is 24.0 Å². The molecule has 0 aliphatic carbocycles. The number of piperidine rings is 2. The highest BCUT2D eigenvalue weighted by molar-refractivity contribution is 6.25. The maximum absolute atomic E-state index is 13.2. The average Bonchev–Trinajstić information content (AvgIpc) is 3.16. The van der Waals surface area contributed by atoms with E-state index in [-0.39, 0.29) is 36.1 Å². The number of imide groups is 2. The van der Waals surface area contributed by atoms with Crippen LogP contribution in [-0.4, -0.2) is 96.6 Å². The molecular formula is C29H41N5O7. The van der Waals surface area contributed by atoms with Gasteiger partial charge in [0.25, 0.3) is 11.8 Å². The second-order valence-electron chi connectivity index (χ2n) is 11.7. The lowest BCUT2D eigenvalue weighted by molar-refractivity contribution is -0.136. The molecule has 0 bridgehead atoms. The molecule has 1 atom stereocenters. The van der Waals surface area contributed by atoms with Crippen LogP contribution in [0, 0.1) is 0 Å². The number of fused-ring (bicyclic) bond motifs is 1. The molecule has 5 amide bonds. The van der Waals surface area contributed by atoms with Crippen LogP contribution in [0.4, 0.5) is 10.5 Å². The number of anilines is 1. The van der Waals surface area contributed by atoms with Gasteiger partial charge in [-0.15, -0.1) is 0 Å². The monoisotopic (exact) mass is 571 g/mol. The van der Waals surface area contributed by atoms with Gasteiger partial charge >= 0.3 is 6.09 Å². The highest BCUT2D eigenvalue weighted by Gasteiger charge is 2.45. The summed E-state index contributed by atoms with van der Waals surface area (Å²) in [4.78, 5) is 65.2. The van der Waals surface area contributed by atoms with Crippen molar-refractivity contribution < 1.29 is 33.4 Å². The van der Waals surface area contributed by atoms with Crippen molar-refractivity contribution in [1.29, 1.82) is 0 Å². The Kier molecular flexibility index (Phi) is 9.98. The molecule has 3 aliphatic rings. The second-order valence-corrected chi connectivity index (χ2v) is 11.7. The van der Waals surface area contributed by atoms with E-state index in [1.807, 2.05) is 20.8 Å². The number of carbonyl (C=O) groups excluding carboxylic acids is 5. The third-order valence-electron chi connectivity index (χ3n) is 7.32. The summed E-state index contributed by atoms with van der Waals surface area (Å²) < 4.78 is 11.1. The van der Waals surface area contributed by atoms with Crippen LogP contribution in [0.5, 0.6) is 0 Å². The van der Waals surface area contributed by atoms with E-state index in [1.54, 1.807) is 18.2 Å². The van der Waals surface area contributed by atoms with Gasteiger partial charge in [-0.1, -0.05) is 6.07 Å². The standard InChI is InChI=1S/C29H41N5O7/c1-29(2,3)41-28(39)31-19-11-15-33(16-12-19)14-6-18-40-17-5-13-30-21-8-4-7-20-24(21)27(38)34(26(20)37)22-9-10-23(35)32-25(22)36/h4,7-8,19,22,30H,5-6,9-18H2,1-3H3,(H,31,39)(H,32,35,36). The maximum atomic E-state index is 13.2. The zero-order chi connectivity index (χ0) is 29.6. The van der Waals surface area contributed by atoms with Crippen LogP contribution in [-0.2, 0) is 19.1 Å². The largest absolute Gasteiger partial charge is 0.444 e. The van der Waals surface area contributed by atoms with Gasteiger partial charge in [0.1, 0.15) is 11.6 Å². The van der Waals surface area contributed by atoms with Crippen LogP contribution in [0.1, 0.15) is 80.0 Å². The minimum absolute atomic E-state index is 0.0841. The maximum Gasteiger partial charge on any atom is 0.407 e. The van der Waals surface area contributed by atoms with Gasteiger partial charge in [0.15, 0.2) is 0 Å². The number of amides is 5. The molecule has 3 N–H and O–H groups in total. The summed E-state index contributed by atoms with van der Waals surface area (Å²) in [6.07, 6.45) is 3.27. The van der Waals surface area contributed by atoms with Gasteiger partial charge in [0.2, 0.25) is 11.8 Å². The van der Waals surface area contributed by atoms with E-state index < -0.39 is 35.3 Å². The summed E-state index contributed by atoms with van der Waals surface area (Å²) in [5, 5.41) is 8.40. The summed E-state index contributed by atoms with van der Waals surface area (Å²) in [6, 6.07) is 4.18. The number of hydrogen-bond acceptors (Lipinski definition) is 9. The molecule has 3 heterocycles. The first-order valence-electron chi connectivity index (χ1n) is 14.4. The van der Waals surface area contributed by atoms with Crippen LogP contribution in [0.3, 0.4) is 0 Å². The van der Waals surface area contributed by atoms with E-state index in [0.29, 0.717) is 31.9 Å². The minimum Gasteiger partial charge on any atom is -0.444 e. The molecule has 1 unspecified atom stereocenters. The number of nitrogens with one attached hydrogen (secondary N) is 3. The van der Waals surface area contributed by atoms with Gasteiger partial charge in [-0.05, 0) is 65.0 Å². The van der Waals surface area contributed by atoms with E-state index >= 15 is 0 Å². The lowest BCUT2D eigenvalue weighted by Gasteiger charge is -2.32. The highest BCUT2D eigenvalue weighted by atomic mass is 16.6. The lowest BCUT2D eigenvalue weighted by atomic mass is 10.0. The molecule has 2 fully saturated rings. The highest BCUT2D eigenvalue weighted by Crippen LogP contribution is 2.32. The summed E-state index contributed by atoms with van der Waals surface area (Å²) in [5.74, 6) is -2.07. The first kappa shape index (κ1) is 30.4. The average molecular weight is 572 g/mol. The third kappa shape index (κ3) is 8.04. The molecular weight excluding hydrogens is 530 g/mol. The van der Waals surface area contributed by atoms with Gasteiger partial charge in [0.05, 0.1) is 11.1 Å². The Balaban J connectivity index is 1.11. The molecule has 12 nitrogen and oxygen atoms in total. The Morgan fingerprint density at radius 3 is 2.46 bits per heavy atom. The van der Waals surface area contributed by atoms with Crippen molar-refractivity contribution in [2.45, 2.75) is 77.0 Å². The summed E-state index contributed by atoms with van der Waals surface area (Å²) in [7, 11) is 0. The first-order chi connectivity index (χ1) is 19.5. The number of alkyl carbamates (subject to hydrolysis) is 1. The van der Waals surface area contributed by atoms with Gasteiger partial charge in [0, 0.05) is 57.5 Å². The number of nitrogens with zero attached hydrogens (tertiary/aromatic N) is 2. The summed E-state index contributed by atoms with van der Waals surface area (Å²) >= 11 is 0. The SMILES string of the molecule is CC(C)(C)OC(=O)NC1CCN(CCCOCCCNc2cccc3c2C(=O)N(C2CCC(=O)NC2=O)C3=O)CC1. The molecule has 224 valence electrons. The van der Waals surface area contributed by atoms with Crippen molar-refractivity contribution in [2.75, 3.05) is 44.7 Å². The van der Waals surface area contributed by atoms with Crippen LogP contribution >= 0.6 is 0 Å². The molecule has 0 spiro atoms. The topological polar surface area (TPSA) is 146 Å². The first-order valence-corrected chi connectivity index (χ1v) is 14.4.